The lowest BCUT2D eigenvalue weighted by Crippen LogP contribution is -2.51. The van der Waals surface area contributed by atoms with E-state index in [1.165, 1.54) is 17.3 Å². The highest BCUT2D eigenvalue weighted by Crippen LogP contribution is 2.24. The topological polar surface area (TPSA) is 67.7 Å². The molecule has 28 heavy (non-hydrogen) atoms. The molecule has 2 aromatic rings. The van der Waals surface area contributed by atoms with Gasteiger partial charge in [-0.05, 0) is 38.0 Å². The number of nitrogens with zero attached hydrogens (tertiary/aromatic N) is 4. The van der Waals surface area contributed by atoms with Gasteiger partial charge in [0.1, 0.15) is 0 Å². The van der Waals surface area contributed by atoms with Crippen LogP contribution in [0.3, 0.4) is 0 Å². The van der Waals surface area contributed by atoms with Crippen molar-refractivity contribution in [3.63, 3.8) is 0 Å². The van der Waals surface area contributed by atoms with E-state index in [-0.39, 0.29) is 12.0 Å². The molecule has 0 aliphatic carbocycles. The van der Waals surface area contributed by atoms with Crippen molar-refractivity contribution >= 4 is 23.8 Å². The fourth-order valence-corrected chi connectivity index (χ4v) is 4.00. The van der Waals surface area contributed by atoms with Crippen LogP contribution in [0.25, 0.3) is 5.69 Å². The van der Waals surface area contributed by atoms with E-state index in [1.807, 2.05) is 10.8 Å². The first-order valence-corrected chi connectivity index (χ1v) is 10.4. The predicted molar refractivity (Wildman–Crippen MR) is 109 cm³/mol. The lowest BCUT2D eigenvalue weighted by Gasteiger charge is -2.34. The minimum Gasteiger partial charge on any atom is -0.450 e. The van der Waals surface area contributed by atoms with E-state index in [9.17, 15) is 9.59 Å². The number of aryl methyl sites for hydroxylation is 2. The summed E-state index contributed by atoms with van der Waals surface area (Å²) in [5, 5.41) is 0.798. The molecule has 0 bridgehead atoms. The number of rotatable bonds is 5. The number of piperazine rings is 1. The third-order valence-corrected chi connectivity index (χ3v) is 5.67. The number of hydrogen-bond donors (Lipinski definition) is 0. The molecule has 2 amide bonds. The maximum atomic E-state index is 12.6. The lowest BCUT2D eigenvalue weighted by molar-refractivity contribution is -0.129. The average molecular weight is 403 g/mol. The summed E-state index contributed by atoms with van der Waals surface area (Å²) in [6.07, 6.45) is 3.37. The largest absolute Gasteiger partial charge is 0.450 e. The van der Waals surface area contributed by atoms with Gasteiger partial charge >= 0.3 is 6.09 Å². The number of hydrogen-bond acceptors (Lipinski definition) is 5. The van der Waals surface area contributed by atoms with Crippen molar-refractivity contribution in [1.29, 1.82) is 0 Å². The van der Waals surface area contributed by atoms with Crippen LogP contribution < -0.4 is 0 Å². The molecular formula is C20H26N4O3S. The van der Waals surface area contributed by atoms with Gasteiger partial charge in [0.15, 0.2) is 5.16 Å². The molecule has 0 saturated carbocycles. The van der Waals surface area contributed by atoms with E-state index in [1.54, 1.807) is 22.9 Å². The monoisotopic (exact) mass is 402 g/mol. The molecule has 2 heterocycles. The number of carbonyl (C=O) groups excluding carboxylic acids is 2. The summed E-state index contributed by atoms with van der Waals surface area (Å²) in [5.41, 5.74) is 3.42. The number of carbonyl (C=O) groups is 2. The normalized spacial score (nSPS) is 14.2. The van der Waals surface area contributed by atoms with E-state index < -0.39 is 0 Å². The van der Waals surface area contributed by atoms with E-state index in [4.69, 9.17) is 4.74 Å². The molecule has 1 aliphatic rings. The van der Waals surface area contributed by atoms with Gasteiger partial charge < -0.3 is 14.5 Å². The van der Waals surface area contributed by atoms with Gasteiger partial charge in [-0.2, -0.15) is 0 Å². The van der Waals surface area contributed by atoms with Gasteiger partial charge in [0, 0.05) is 38.6 Å². The predicted octanol–water partition coefficient (Wildman–Crippen LogP) is 2.88. The summed E-state index contributed by atoms with van der Waals surface area (Å²) in [4.78, 5) is 32.2. The fourth-order valence-electron chi connectivity index (χ4n) is 3.13. The quantitative estimate of drug-likeness (QED) is 0.720. The van der Waals surface area contributed by atoms with Gasteiger partial charge in [0.05, 0.1) is 18.0 Å². The maximum Gasteiger partial charge on any atom is 0.409 e. The molecule has 3 rings (SSSR count). The van der Waals surface area contributed by atoms with Crippen molar-refractivity contribution < 1.29 is 14.3 Å². The first-order chi connectivity index (χ1) is 13.5. The minimum atomic E-state index is -0.306. The Morgan fingerprint density at radius 3 is 2.57 bits per heavy atom. The zero-order valence-corrected chi connectivity index (χ0v) is 17.4. The van der Waals surface area contributed by atoms with Gasteiger partial charge in [0.2, 0.25) is 5.91 Å². The Bertz CT molecular complexity index is 844. The van der Waals surface area contributed by atoms with Crippen molar-refractivity contribution in [1.82, 2.24) is 19.4 Å². The van der Waals surface area contributed by atoms with E-state index >= 15 is 0 Å². The number of amides is 2. The van der Waals surface area contributed by atoms with Crippen LogP contribution in [0.2, 0.25) is 0 Å². The van der Waals surface area contributed by atoms with Crippen LogP contribution in [-0.2, 0) is 9.53 Å². The Morgan fingerprint density at radius 2 is 1.86 bits per heavy atom. The number of thioether (sulfide) groups is 1. The van der Waals surface area contributed by atoms with E-state index in [2.05, 4.69) is 37.0 Å². The average Bonchev–Trinajstić information content (AvgIpc) is 3.16. The van der Waals surface area contributed by atoms with Crippen LogP contribution >= 0.6 is 11.8 Å². The van der Waals surface area contributed by atoms with Crippen LogP contribution in [0.4, 0.5) is 4.79 Å². The lowest BCUT2D eigenvalue weighted by atomic mass is 10.1. The highest BCUT2D eigenvalue weighted by atomic mass is 32.2. The van der Waals surface area contributed by atoms with Crippen molar-refractivity contribution in [3.8, 4) is 5.69 Å². The molecule has 7 nitrogen and oxygen atoms in total. The summed E-state index contributed by atoms with van der Waals surface area (Å²) in [5.74, 6) is 0.380. The fraction of sp³-hybridized carbons (Fsp3) is 0.450. The summed E-state index contributed by atoms with van der Waals surface area (Å²) < 4.78 is 7.04. The number of benzene rings is 1. The molecule has 1 aromatic heterocycles. The smallest absolute Gasteiger partial charge is 0.409 e. The van der Waals surface area contributed by atoms with Crippen LogP contribution in [0, 0.1) is 13.8 Å². The Labute approximate surface area is 169 Å². The summed E-state index contributed by atoms with van der Waals surface area (Å²) >= 11 is 1.44. The zero-order chi connectivity index (χ0) is 20.1. The molecule has 150 valence electrons. The van der Waals surface area contributed by atoms with Crippen LogP contribution in [-0.4, -0.2) is 69.9 Å². The highest BCUT2D eigenvalue weighted by molar-refractivity contribution is 7.99. The van der Waals surface area contributed by atoms with Crippen molar-refractivity contribution in [2.24, 2.45) is 0 Å². The summed E-state index contributed by atoms with van der Waals surface area (Å²) in [6.45, 7) is 8.36. The van der Waals surface area contributed by atoms with Crippen molar-refractivity contribution in [3.05, 3.63) is 41.7 Å². The standard InChI is InChI=1S/C20H26N4O3S/c1-4-27-20(26)23-11-9-22(10-12-23)18(25)14-28-19-21-7-8-24(19)17-13-15(2)5-6-16(17)3/h5-8,13H,4,9-12,14H2,1-3H3. The van der Waals surface area contributed by atoms with Crippen molar-refractivity contribution in [2.45, 2.75) is 25.9 Å². The van der Waals surface area contributed by atoms with E-state index in [0.717, 1.165) is 16.4 Å². The van der Waals surface area contributed by atoms with Gasteiger partial charge in [-0.25, -0.2) is 9.78 Å². The molecule has 1 aromatic carbocycles. The van der Waals surface area contributed by atoms with Gasteiger partial charge in [0.25, 0.3) is 0 Å². The Kier molecular flexibility index (Phi) is 6.61. The molecule has 0 N–H and O–H groups in total. The first-order valence-electron chi connectivity index (χ1n) is 9.43. The Hall–Kier alpha value is -2.48. The molecule has 0 radical (unpaired) electrons. The van der Waals surface area contributed by atoms with Crippen LogP contribution in [0.1, 0.15) is 18.1 Å². The third kappa shape index (κ3) is 4.67. The molecule has 1 fully saturated rings. The number of ether oxygens (including phenoxy) is 1. The first kappa shape index (κ1) is 20.3. The zero-order valence-electron chi connectivity index (χ0n) is 16.6. The van der Waals surface area contributed by atoms with Crippen LogP contribution in [0.5, 0.6) is 0 Å². The number of aromatic nitrogens is 2. The Balaban J connectivity index is 1.57. The molecule has 1 saturated heterocycles. The summed E-state index contributed by atoms with van der Waals surface area (Å²) in [7, 11) is 0. The molecular weight excluding hydrogens is 376 g/mol. The molecule has 0 spiro atoms. The molecule has 0 unspecified atom stereocenters. The highest BCUT2D eigenvalue weighted by Gasteiger charge is 2.25. The second-order valence-corrected chi connectivity index (χ2v) is 7.67. The minimum absolute atomic E-state index is 0.0593. The van der Waals surface area contributed by atoms with Gasteiger partial charge in [-0.1, -0.05) is 23.9 Å². The van der Waals surface area contributed by atoms with Gasteiger partial charge in [-0.3, -0.25) is 9.36 Å². The molecule has 1 aliphatic heterocycles. The molecule has 0 atom stereocenters. The van der Waals surface area contributed by atoms with Crippen molar-refractivity contribution in [2.75, 3.05) is 38.5 Å². The van der Waals surface area contributed by atoms with Gasteiger partial charge in [-0.15, -0.1) is 0 Å². The maximum absolute atomic E-state index is 12.6. The SMILES string of the molecule is CCOC(=O)N1CCN(C(=O)CSc2nccn2-c2cc(C)ccc2C)CC1. The number of imidazole rings is 1. The second-order valence-electron chi connectivity index (χ2n) is 6.73. The van der Waals surface area contributed by atoms with E-state index in [0.29, 0.717) is 38.5 Å². The Morgan fingerprint density at radius 1 is 1.14 bits per heavy atom. The second kappa shape index (κ2) is 9.14. The van der Waals surface area contributed by atoms with Crippen LogP contribution in [0.15, 0.2) is 35.7 Å². The molecule has 8 heteroatoms. The third-order valence-electron chi connectivity index (χ3n) is 4.71. The summed E-state index contributed by atoms with van der Waals surface area (Å²) in [6, 6.07) is 6.30.